The van der Waals surface area contributed by atoms with Gasteiger partial charge < -0.3 is 4.74 Å². The number of carbonyl (C=O) groups is 3. The highest BCUT2D eigenvalue weighted by Gasteiger charge is 2.36. The number of thiophene rings is 1. The van der Waals surface area contributed by atoms with Crippen molar-refractivity contribution in [1.82, 2.24) is 14.6 Å². The second-order valence-corrected chi connectivity index (χ2v) is 8.78. The minimum Gasteiger partial charge on any atom is -0.449 e. The first-order valence-corrected chi connectivity index (χ1v) is 11.2. The van der Waals surface area contributed by atoms with Crippen LogP contribution in [0.25, 0.3) is 10.6 Å². The summed E-state index contributed by atoms with van der Waals surface area (Å²) in [6, 6.07) is 4.01. The first kappa shape index (κ1) is 21.8. The number of rotatable bonds is 3. The third-order valence-electron chi connectivity index (χ3n) is 5.31. The summed E-state index contributed by atoms with van der Waals surface area (Å²) < 4.78 is 6.80. The summed E-state index contributed by atoms with van der Waals surface area (Å²) in [5.74, 6) is -0.125. The van der Waals surface area contributed by atoms with Crippen LogP contribution in [0.5, 0.6) is 0 Å². The van der Waals surface area contributed by atoms with Crippen molar-refractivity contribution in [3.8, 4) is 10.6 Å². The van der Waals surface area contributed by atoms with Gasteiger partial charge >= 0.3 is 6.09 Å². The lowest BCUT2D eigenvalue weighted by Gasteiger charge is -2.36. The van der Waals surface area contributed by atoms with Crippen LogP contribution in [0.4, 0.5) is 10.7 Å². The van der Waals surface area contributed by atoms with Crippen molar-refractivity contribution in [1.29, 1.82) is 0 Å². The number of anilines is 1. The van der Waals surface area contributed by atoms with Gasteiger partial charge in [0.1, 0.15) is 5.69 Å². The fourth-order valence-corrected chi connectivity index (χ4v) is 4.71. The van der Waals surface area contributed by atoms with E-state index in [1.807, 2.05) is 31.2 Å². The van der Waals surface area contributed by atoms with Gasteiger partial charge in [-0.2, -0.15) is 0 Å². The number of amides is 3. The van der Waals surface area contributed by atoms with Crippen LogP contribution >= 0.6 is 11.3 Å². The van der Waals surface area contributed by atoms with Crippen molar-refractivity contribution in [3.63, 3.8) is 0 Å². The van der Waals surface area contributed by atoms with Gasteiger partial charge in [0.15, 0.2) is 0 Å². The van der Waals surface area contributed by atoms with E-state index in [1.54, 1.807) is 45.2 Å². The molecule has 2 aliphatic heterocycles. The Morgan fingerprint density at radius 2 is 1.84 bits per heavy atom. The lowest BCUT2D eigenvalue weighted by Crippen LogP contribution is -2.52. The maximum Gasteiger partial charge on any atom is 0.417 e. The van der Waals surface area contributed by atoms with Crippen molar-refractivity contribution in [2.24, 2.45) is 0 Å². The van der Waals surface area contributed by atoms with Crippen molar-refractivity contribution in [3.05, 3.63) is 47.3 Å². The molecule has 168 valence electrons. The molecule has 0 saturated heterocycles. The molecule has 0 saturated carbocycles. The van der Waals surface area contributed by atoms with Gasteiger partial charge in [-0.1, -0.05) is 12.2 Å². The lowest BCUT2D eigenvalue weighted by atomic mass is 10.0. The van der Waals surface area contributed by atoms with Crippen molar-refractivity contribution in [2.45, 2.75) is 33.6 Å². The molecule has 0 bridgehead atoms. The predicted molar refractivity (Wildman–Crippen MR) is 122 cm³/mol. The molecule has 0 atom stereocenters. The highest BCUT2D eigenvalue weighted by atomic mass is 32.1. The van der Waals surface area contributed by atoms with Crippen LogP contribution in [-0.2, 0) is 14.3 Å². The monoisotopic (exact) mass is 455 g/mol. The first-order chi connectivity index (χ1) is 15.3. The summed E-state index contributed by atoms with van der Waals surface area (Å²) in [6.45, 7) is 7.79. The average molecular weight is 456 g/mol. The molecule has 4 heterocycles. The van der Waals surface area contributed by atoms with Crippen molar-refractivity contribution < 1.29 is 19.1 Å². The van der Waals surface area contributed by atoms with Gasteiger partial charge in [-0.15, -0.1) is 11.3 Å². The number of nitrogens with zero attached hydrogens (tertiary/aromatic N) is 5. The number of ether oxygens (including phenoxy) is 1. The second-order valence-electron chi connectivity index (χ2n) is 7.50. The Morgan fingerprint density at radius 1 is 1.12 bits per heavy atom. The molecule has 0 radical (unpaired) electrons. The maximum absolute atomic E-state index is 12.5. The average Bonchev–Trinajstić information content (AvgIpc) is 3.36. The third-order valence-corrected chi connectivity index (χ3v) is 6.32. The van der Waals surface area contributed by atoms with Crippen LogP contribution in [0, 0.1) is 6.92 Å². The van der Waals surface area contributed by atoms with Gasteiger partial charge in [0.25, 0.3) is 0 Å². The Labute approximate surface area is 190 Å². The van der Waals surface area contributed by atoms with Crippen molar-refractivity contribution in [2.75, 3.05) is 29.6 Å². The molecule has 0 fully saturated rings. The standard InChI is InChI=1S/C22H25N5O4S/c1-5-31-22(30)24-10-8-17(9-11-24)20-19(18-7-6-14(2)32-18)23-21-25(15(3)28)12-13-26(16(4)29)27(20)21/h6-11,17H,5,12-13H2,1-4H3. The highest BCUT2D eigenvalue weighted by molar-refractivity contribution is 7.15. The Kier molecular flexibility index (Phi) is 5.88. The molecule has 3 amide bonds. The van der Waals surface area contributed by atoms with Crippen molar-refractivity contribution >= 4 is 35.2 Å². The molecule has 0 aliphatic carbocycles. The molecule has 2 aliphatic rings. The molecule has 4 rings (SSSR count). The number of allylic oxidation sites excluding steroid dienone is 2. The Morgan fingerprint density at radius 3 is 2.41 bits per heavy atom. The topological polar surface area (TPSA) is 88.0 Å². The van der Waals surface area contributed by atoms with Gasteiger partial charge in [-0.25, -0.2) is 19.5 Å². The molecule has 0 aromatic carbocycles. The van der Waals surface area contributed by atoms with E-state index in [-0.39, 0.29) is 24.3 Å². The molecule has 0 spiro atoms. The van der Waals surface area contributed by atoms with Gasteiger partial charge in [-0.3, -0.25) is 19.4 Å². The largest absolute Gasteiger partial charge is 0.449 e. The van der Waals surface area contributed by atoms with Crippen LogP contribution in [-0.4, -0.2) is 52.2 Å². The fourth-order valence-electron chi connectivity index (χ4n) is 3.85. The smallest absolute Gasteiger partial charge is 0.417 e. The van der Waals surface area contributed by atoms with Crippen LogP contribution < -0.4 is 9.91 Å². The molecule has 2 aromatic heterocycles. The summed E-state index contributed by atoms with van der Waals surface area (Å²) in [6.07, 6.45) is 6.55. The minimum atomic E-state index is -0.462. The van der Waals surface area contributed by atoms with Gasteiger partial charge in [0.05, 0.1) is 23.7 Å². The quantitative estimate of drug-likeness (QED) is 0.708. The van der Waals surface area contributed by atoms with E-state index in [1.165, 1.54) is 18.7 Å². The molecule has 9 nitrogen and oxygen atoms in total. The zero-order valence-electron chi connectivity index (χ0n) is 18.4. The molecular formula is C22H25N5O4S. The Bertz CT molecular complexity index is 1120. The van der Waals surface area contributed by atoms with Crippen LogP contribution in [0.3, 0.4) is 0 Å². The lowest BCUT2D eigenvalue weighted by molar-refractivity contribution is -0.119. The molecule has 0 N–H and O–H groups in total. The normalized spacial score (nSPS) is 15.8. The predicted octanol–water partition coefficient (Wildman–Crippen LogP) is 3.35. The number of carbonyl (C=O) groups excluding carboxylic acids is 3. The van der Waals surface area contributed by atoms with E-state index in [4.69, 9.17) is 9.72 Å². The Balaban J connectivity index is 1.86. The van der Waals surface area contributed by atoms with Gasteiger partial charge in [-0.05, 0) is 26.0 Å². The maximum atomic E-state index is 12.5. The summed E-state index contributed by atoms with van der Waals surface area (Å²) in [4.78, 5) is 46.8. The SMILES string of the molecule is CCOC(=O)N1C=CC(c2c(-c3ccc(C)s3)nc3n2N(C(C)=O)CCN3C(C)=O)C=C1. The summed E-state index contributed by atoms with van der Waals surface area (Å²) in [5.41, 5.74) is 1.47. The summed E-state index contributed by atoms with van der Waals surface area (Å²) >= 11 is 1.60. The van der Waals surface area contributed by atoms with E-state index < -0.39 is 6.09 Å². The molecular weight excluding hydrogens is 430 g/mol. The van der Waals surface area contributed by atoms with Crippen LogP contribution in [0.1, 0.15) is 37.3 Å². The zero-order chi connectivity index (χ0) is 23.0. The van der Waals surface area contributed by atoms with E-state index in [9.17, 15) is 14.4 Å². The number of fused-ring (bicyclic) bond motifs is 1. The van der Waals surface area contributed by atoms with Crippen LogP contribution in [0.15, 0.2) is 36.7 Å². The molecule has 2 aromatic rings. The zero-order valence-corrected chi connectivity index (χ0v) is 19.3. The van der Waals surface area contributed by atoms with E-state index in [0.717, 1.165) is 15.4 Å². The number of aromatic nitrogens is 2. The summed E-state index contributed by atoms with van der Waals surface area (Å²) in [7, 11) is 0. The summed E-state index contributed by atoms with van der Waals surface area (Å²) in [5, 5.41) is 1.61. The molecule has 10 heteroatoms. The highest BCUT2D eigenvalue weighted by Crippen LogP contribution is 2.39. The number of hydrogen-bond donors (Lipinski definition) is 0. The van der Waals surface area contributed by atoms with Crippen LogP contribution in [0.2, 0.25) is 0 Å². The third kappa shape index (κ3) is 3.81. The number of hydrogen-bond acceptors (Lipinski definition) is 6. The van der Waals surface area contributed by atoms with Gasteiger partial charge in [0, 0.05) is 43.6 Å². The fraction of sp³-hybridized carbons (Fsp3) is 0.364. The van der Waals surface area contributed by atoms with E-state index >= 15 is 0 Å². The first-order valence-electron chi connectivity index (χ1n) is 10.4. The molecule has 0 unspecified atom stereocenters. The minimum absolute atomic E-state index is 0.136. The van der Waals surface area contributed by atoms with Gasteiger partial charge in [0.2, 0.25) is 17.8 Å². The number of imidazole rings is 1. The molecule has 32 heavy (non-hydrogen) atoms. The van der Waals surface area contributed by atoms with E-state index in [2.05, 4.69) is 0 Å². The van der Waals surface area contributed by atoms with E-state index in [0.29, 0.717) is 24.7 Å². The second kappa shape index (κ2) is 8.62. The Hall–Kier alpha value is -3.40. The number of aryl methyl sites for hydroxylation is 1.